The Morgan fingerprint density at radius 3 is 2.25 bits per heavy atom. The molecule has 20 heavy (non-hydrogen) atoms. The van der Waals surface area contributed by atoms with Crippen molar-refractivity contribution in [3.8, 4) is 0 Å². The molecule has 0 spiro atoms. The Bertz CT molecular complexity index is 659. The van der Waals surface area contributed by atoms with Crippen LogP contribution >= 0.6 is 0 Å². The molecule has 0 saturated heterocycles. The molecule has 2 aromatic carbocycles. The Balaban J connectivity index is 2.01. The molecule has 0 heterocycles. The van der Waals surface area contributed by atoms with Gasteiger partial charge in [-0.05, 0) is 30.3 Å². The predicted molar refractivity (Wildman–Crippen MR) is 67.7 cm³/mol. The number of hydrogen-bond donors (Lipinski definition) is 2. The van der Waals surface area contributed by atoms with E-state index in [0.717, 1.165) is 12.1 Å². The highest BCUT2D eigenvalue weighted by molar-refractivity contribution is 5.99. The fourth-order valence-corrected chi connectivity index (χ4v) is 1.53. The first-order valence-corrected chi connectivity index (χ1v) is 5.68. The molecule has 2 aromatic rings. The van der Waals surface area contributed by atoms with Gasteiger partial charge in [0.1, 0.15) is 11.6 Å². The van der Waals surface area contributed by atoms with Crippen LogP contribution in [0.4, 0.5) is 8.78 Å². The summed E-state index contributed by atoms with van der Waals surface area (Å²) in [5.41, 5.74) is 3.98. The summed E-state index contributed by atoms with van der Waals surface area (Å²) >= 11 is 0. The van der Waals surface area contributed by atoms with Crippen molar-refractivity contribution in [2.75, 3.05) is 0 Å². The van der Waals surface area contributed by atoms with Crippen LogP contribution in [0.1, 0.15) is 20.7 Å². The minimum Gasteiger partial charge on any atom is -0.267 e. The van der Waals surface area contributed by atoms with E-state index >= 15 is 0 Å². The van der Waals surface area contributed by atoms with Crippen molar-refractivity contribution >= 4 is 11.8 Å². The van der Waals surface area contributed by atoms with Gasteiger partial charge < -0.3 is 0 Å². The molecule has 0 bridgehead atoms. The number of hydrogen-bond acceptors (Lipinski definition) is 2. The third-order valence-electron chi connectivity index (χ3n) is 2.49. The molecule has 6 heteroatoms. The normalized spacial score (nSPS) is 9.90. The van der Waals surface area contributed by atoms with E-state index in [1.165, 1.54) is 36.4 Å². The smallest absolute Gasteiger partial charge is 0.267 e. The first-order valence-electron chi connectivity index (χ1n) is 5.68. The molecule has 4 nitrogen and oxygen atoms in total. The summed E-state index contributed by atoms with van der Waals surface area (Å²) in [6, 6.07) is 10.3. The van der Waals surface area contributed by atoms with Gasteiger partial charge in [0.25, 0.3) is 11.8 Å². The van der Waals surface area contributed by atoms with Gasteiger partial charge in [0.05, 0.1) is 5.56 Å². The van der Waals surface area contributed by atoms with Crippen LogP contribution in [0.3, 0.4) is 0 Å². The van der Waals surface area contributed by atoms with E-state index in [1.807, 2.05) is 0 Å². The van der Waals surface area contributed by atoms with Gasteiger partial charge in [-0.3, -0.25) is 20.4 Å². The minimum atomic E-state index is -0.798. The predicted octanol–water partition coefficient (Wildman–Crippen LogP) is 2.04. The molecule has 0 unspecified atom stereocenters. The van der Waals surface area contributed by atoms with Crippen LogP contribution < -0.4 is 10.9 Å². The molecular formula is C14H10F2N2O2. The van der Waals surface area contributed by atoms with Crippen LogP contribution in [-0.4, -0.2) is 11.8 Å². The maximum absolute atomic E-state index is 13.3. The van der Waals surface area contributed by atoms with Gasteiger partial charge in [-0.1, -0.05) is 18.2 Å². The number of nitrogens with one attached hydrogen (secondary N) is 2. The lowest BCUT2D eigenvalue weighted by Gasteiger charge is -2.08. The number of amides is 2. The molecule has 0 atom stereocenters. The molecule has 0 radical (unpaired) electrons. The van der Waals surface area contributed by atoms with E-state index in [4.69, 9.17) is 0 Å². The highest BCUT2D eigenvalue weighted by atomic mass is 19.1. The Labute approximate surface area is 113 Å². The molecular weight excluding hydrogens is 266 g/mol. The van der Waals surface area contributed by atoms with Gasteiger partial charge in [-0.25, -0.2) is 8.78 Å². The molecule has 0 aliphatic rings. The van der Waals surface area contributed by atoms with Crippen LogP contribution in [0.2, 0.25) is 0 Å². The van der Waals surface area contributed by atoms with Crippen LogP contribution in [-0.2, 0) is 0 Å². The third kappa shape index (κ3) is 3.17. The first kappa shape index (κ1) is 13.7. The minimum absolute atomic E-state index is 0.0406. The van der Waals surface area contributed by atoms with Crippen molar-refractivity contribution < 1.29 is 18.4 Å². The largest absolute Gasteiger partial charge is 0.272 e. The monoisotopic (exact) mass is 276 g/mol. The first-order chi connectivity index (χ1) is 9.58. The van der Waals surface area contributed by atoms with Crippen LogP contribution in [0.25, 0.3) is 0 Å². The number of hydrazine groups is 1. The van der Waals surface area contributed by atoms with Gasteiger partial charge in [0.15, 0.2) is 0 Å². The topological polar surface area (TPSA) is 58.2 Å². The lowest BCUT2D eigenvalue weighted by atomic mass is 10.2. The van der Waals surface area contributed by atoms with Crippen molar-refractivity contribution in [2.24, 2.45) is 0 Å². The Hall–Kier alpha value is -2.76. The SMILES string of the molecule is O=C(NNC(=O)c1ccccc1F)c1cccc(F)c1. The van der Waals surface area contributed by atoms with Gasteiger partial charge in [-0.2, -0.15) is 0 Å². The zero-order chi connectivity index (χ0) is 14.5. The van der Waals surface area contributed by atoms with E-state index in [-0.39, 0.29) is 11.1 Å². The molecule has 102 valence electrons. The van der Waals surface area contributed by atoms with E-state index < -0.39 is 23.4 Å². The summed E-state index contributed by atoms with van der Waals surface area (Å²) < 4.78 is 26.2. The Kier molecular flexibility index (Phi) is 4.05. The van der Waals surface area contributed by atoms with Crippen LogP contribution in [0.15, 0.2) is 48.5 Å². The Morgan fingerprint density at radius 1 is 0.850 bits per heavy atom. The number of carbonyl (C=O) groups is 2. The molecule has 0 saturated carbocycles. The number of carbonyl (C=O) groups excluding carboxylic acids is 2. The zero-order valence-corrected chi connectivity index (χ0v) is 10.2. The highest BCUT2D eigenvalue weighted by Crippen LogP contribution is 2.06. The molecule has 0 aliphatic carbocycles. The maximum atomic E-state index is 13.3. The molecule has 0 aromatic heterocycles. The van der Waals surface area contributed by atoms with Crippen LogP contribution in [0, 0.1) is 11.6 Å². The molecule has 2 rings (SSSR count). The van der Waals surface area contributed by atoms with E-state index in [1.54, 1.807) is 0 Å². The summed E-state index contributed by atoms with van der Waals surface area (Å²) in [5, 5.41) is 0. The highest BCUT2D eigenvalue weighted by Gasteiger charge is 2.12. The maximum Gasteiger partial charge on any atom is 0.272 e. The van der Waals surface area contributed by atoms with Gasteiger partial charge >= 0.3 is 0 Å². The Morgan fingerprint density at radius 2 is 1.55 bits per heavy atom. The summed E-state index contributed by atoms with van der Waals surface area (Å²) in [6.45, 7) is 0. The number of rotatable bonds is 2. The molecule has 2 amide bonds. The third-order valence-corrected chi connectivity index (χ3v) is 2.49. The summed E-state index contributed by atoms with van der Waals surface area (Å²) in [6.07, 6.45) is 0. The van der Waals surface area contributed by atoms with Crippen molar-refractivity contribution in [3.05, 3.63) is 71.3 Å². The summed E-state index contributed by atoms with van der Waals surface area (Å²) in [7, 11) is 0. The van der Waals surface area contributed by atoms with E-state index in [2.05, 4.69) is 10.9 Å². The molecule has 0 fully saturated rings. The summed E-state index contributed by atoms with van der Waals surface area (Å²) in [5.74, 6) is -2.77. The second-order valence-electron chi connectivity index (χ2n) is 3.90. The average Bonchev–Trinajstić information content (AvgIpc) is 2.45. The lowest BCUT2D eigenvalue weighted by molar-refractivity contribution is 0.0844. The second-order valence-corrected chi connectivity index (χ2v) is 3.90. The average molecular weight is 276 g/mol. The van der Waals surface area contributed by atoms with Crippen molar-refractivity contribution in [3.63, 3.8) is 0 Å². The van der Waals surface area contributed by atoms with E-state index in [9.17, 15) is 18.4 Å². The van der Waals surface area contributed by atoms with E-state index in [0.29, 0.717) is 0 Å². The van der Waals surface area contributed by atoms with Gasteiger partial charge in [0.2, 0.25) is 0 Å². The van der Waals surface area contributed by atoms with Crippen molar-refractivity contribution in [1.82, 2.24) is 10.9 Å². The molecule has 2 N–H and O–H groups in total. The van der Waals surface area contributed by atoms with Crippen LogP contribution in [0.5, 0.6) is 0 Å². The van der Waals surface area contributed by atoms with Crippen molar-refractivity contribution in [1.29, 1.82) is 0 Å². The quantitative estimate of drug-likeness (QED) is 0.825. The number of halogens is 2. The number of benzene rings is 2. The molecule has 0 aliphatic heterocycles. The fraction of sp³-hybridized carbons (Fsp3) is 0. The van der Waals surface area contributed by atoms with Gasteiger partial charge in [0, 0.05) is 5.56 Å². The van der Waals surface area contributed by atoms with Crippen molar-refractivity contribution in [2.45, 2.75) is 0 Å². The standard InChI is InChI=1S/C14H10F2N2O2/c15-10-5-3-4-9(8-10)13(19)17-18-14(20)11-6-1-2-7-12(11)16/h1-8H,(H,17,19)(H,18,20). The second kappa shape index (κ2) is 5.92. The lowest BCUT2D eigenvalue weighted by Crippen LogP contribution is -2.41. The van der Waals surface area contributed by atoms with Gasteiger partial charge in [-0.15, -0.1) is 0 Å². The fourth-order valence-electron chi connectivity index (χ4n) is 1.53. The zero-order valence-electron chi connectivity index (χ0n) is 10.2. The summed E-state index contributed by atoms with van der Waals surface area (Å²) in [4.78, 5) is 23.3.